The minimum atomic E-state index is 0.603. The van der Waals surface area contributed by atoms with Gasteiger partial charge in [-0.2, -0.15) is 0 Å². The number of aromatic nitrogens is 1. The zero-order valence-corrected chi connectivity index (χ0v) is 16.0. The third-order valence-electron chi connectivity index (χ3n) is 4.96. The first-order valence-electron chi connectivity index (χ1n) is 9.34. The number of nitrogens with two attached hydrogens (primary N) is 1. The fraction of sp³-hybridized carbons (Fsp3) is 0.286. The van der Waals surface area contributed by atoms with E-state index in [2.05, 4.69) is 45.4 Å². The van der Waals surface area contributed by atoms with Gasteiger partial charge in [-0.15, -0.1) is 0 Å². The maximum atomic E-state index is 6.00. The van der Waals surface area contributed by atoms with Crippen LogP contribution in [0.25, 0.3) is 10.9 Å². The molecule has 1 saturated heterocycles. The molecule has 0 saturated carbocycles. The van der Waals surface area contributed by atoms with Crippen molar-refractivity contribution in [3.63, 3.8) is 0 Å². The van der Waals surface area contributed by atoms with Crippen LogP contribution in [-0.2, 0) is 0 Å². The van der Waals surface area contributed by atoms with Gasteiger partial charge in [-0.05, 0) is 30.3 Å². The van der Waals surface area contributed by atoms with Crippen LogP contribution in [0.1, 0.15) is 0 Å². The number of rotatable bonds is 5. The van der Waals surface area contributed by atoms with Crippen molar-refractivity contribution in [1.82, 2.24) is 4.98 Å². The Morgan fingerprint density at radius 3 is 2.41 bits per heavy atom. The quantitative estimate of drug-likeness (QED) is 0.707. The van der Waals surface area contributed by atoms with E-state index in [1.165, 1.54) is 5.69 Å². The molecule has 2 heterocycles. The summed E-state index contributed by atoms with van der Waals surface area (Å²) >= 11 is 6.00. The highest BCUT2D eigenvalue weighted by Gasteiger charge is 2.19. The lowest BCUT2D eigenvalue weighted by Gasteiger charge is -2.37. The molecule has 3 N–H and O–H groups in total. The summed E-state index contributed by atoms with van der Waals surface area (Å²) in [5.41, 5.74) is 9.00. The van der Waals surface area contributed by atoms with Gasteiger partial charge in [0.2, 0.25) is 0 Å². The Morgan fingerprint density at radius 2 is 1.67 bits per heavy atom. The van der Waals surface area contributed by atoms with E-state index in [-0.39, 0.29) is 0 Å². The molecule has 140 valence electrons. The van der Waals surface area contributed by atoms with Gasteiger partial charge in [-0.25, -0.2) is 4.98 Å². The molecule has 27 heavy (non-hydrogen) atoms. The molecule has 0 spiro atoms. The summed E-state index contributed by atoms with van der Waals surface area (Å²) in [5.74, 6) is 1.02. The van der Waals surface area contributed by atoms with E-state index in [0.717, 1.165) is 60.2 Å². The Hall–Kier alpha value is -2.50. The Kier molecular flexibility index (Phi) is 5.32. The summed E-state index contributed by atoms with van der Waals surface area (Å²) in [5, 5.41) is 5.35. The van der Waals surface area contributed by atoms with Crippen LogP contribution in [0.15, 0.2) is 54.6 Å². The fourth-order valence-electron chi connectivity index (χ4n) is 3.52. The predicted molar refractivity (Wildman–Crippen MR) is 115 cm³/mol. The van der Waals surface area contributed by atoms with Gasteiger partial charge in [-0.1, -0.05) is 29.8 Å². The molecule has 1 fully saturated rings. The predicted octanol–water partition coefficient (Wildman–Crippen LogP) is 3.59. The molecule has 1 aromatic heterocycles. The number of anilines is 3. The normalized spacial score (nSPS) is 14.6. The second-order valence-corrected chi connectivity index (χ2v) is 7.15. The van der Waals surface area contributed by atoms with Crippen LogP contribution in [0.4, 0.5) is 17.2 Å². The average molecular weight is 382 g/mol. The summed E-state index contributed by atoms with van der Waals surface area (Å²) < 4.78 is 0. The molecule has 0 amide bonds. The molecule has 1 aliphatic rings. The molecule has 0 aliphatic carbocycles. The van der Waals surface area contributed by atoms with E-state index in [0.29, 0.717) is 6.54 Å². The highest BCUT2D eigenvalue weighted by atomic mass is 35.5. The van der Waals surface area contributed by atoms with Crippen molar-refractivity contribution < 1.29 is 0 Å². The number of hydrogen-bond donors (Lipinski definition) is 2. The lowest BCUT2D eigenvalue weighted by atomic mass is 10.1. The maximum absolute atomic E-state index is 6.00. The standard InChI is InChI=1S/C21H24ClN5/c22-16-5-7-17(8-6-16)26-11-13-27(14-12-26)21-15-20(24-10-9-23)18-3-1-2-4-19(18)25-21/h1-8,15H,9-14,23H2,(H,24,25). The minimum Gasteiger partial charge on any atom is -0.383 e. The van der Waals surface area contributed by atoms with Gasteiger partial charge in [0.1, 0.15) is 5.82 Å². The Balaban J connectivity index is 1.53. The molecule has 0 atom stereocenters. The molecule has 0 radical (unpaired) electrons. The molecule has 5 nitrogen and oxygen atoms in total. The van der Waals surface area contributed by atoms with Gasteiger partial charge in [-0.3, -0.25) is 0 Å². The first-order chi connectivity index (χ1) is 13.2. The molecule has 0 unspecified atom stereocenters. The minimum absolute atomic E-state index is 0.603. The largest absolute Gasteiger partial charge is 0.383 e. The number of benzene rings is 2. The van der Waals surface area contributed by atoms with E-state index in [9.17, 15) is 0 Å². The molecular formula is C21H24ClN5. The van der Waals surface area contributed by atoms with E-state index < -0.39 is 0 Å². The molecule has 4 rings (SSSR count). The van der Waals surface area contributed by atoms with Crippen molar-refractivity contribution in [3.05, 3.63) is 59.6 Å². The Bertz CT molecular complexity index is 904. The number of fused-ring (bicyclic) bond motifs is 1. The number of pyridine rings is 1. The van der Waals surface area contributed by atoms with Gasteiger partial charge in [0.05, 0.1) is 5.52 Å². The van der Waals surface area contributed by atoms with Crippen LogP contribution in [0.5, 0.6) is 0 Å². The summed E-state index contributed by atoms with van der Waals surface area (Å²) in [4.78, 5) is 9.64. The molecule has 6 heteroatoms. The summed E-state index contributed by atoms with van der Waals surface area (Å²) in [6.07, 6.45) is 0. The Labute approximate surface area is 164 Å². The molecule has 2 aromatic carbocycles. The molecule has 3 aromatic rings. The number of nitrogens with one attached hydrogen (secondary N) is 1. The number of halogens is 1. The second kappa shape index (κ2) is 8.03. The number of hydrogen-bond acceptors (Lipinski definition) is 5. The third kappa shape index (κ3) is 3.94. The van der Waals surface area contributed by atoms with Gasteiger partial charge >= 0.3 is 0 Å². The van der Waals surface area contributed by atoms with Gasteiger partial charge in [0.25, 0.3) is 0 Å². The van der Waals surface area contributed by atoms with Crippen molar-refractivity contribution in [2.75, 3.05) is 54.4 Å². The van der Waals surface area contributed by atoms with Crippen molar-refractivity contribution in [2.45, 2.75) is 0 Å². The van der Waals surface area contributed by atoms with Crippen molar-refractivity contribution in [2.24, 2.45) is 5.73 Å². The van der Waals surface area contributed by atoms with Crippen LogP contribution >= 0.6 is 11.6 Å². The summed E-state index contributed by atoms with van der Waals surface area (Å²) in [7, 11) is 0. The highest BCUT2D eigenvalue weighted by Crippen LogP contribution is 2.28. The average Bonchev–Trinajstić information content (AvgIpc) is 2.72. The first-order valence-corrected chi connectivity index (χ1v) is 9.71. The lowest BCUT2D eigenvalue weighted by molar-refractivity contribution is 0.648. The zero-order chi connectivity index (χ0) is 18.6. The van der Waals surface area contributed by atoms with Gasteiger partial charge in [0.15, 0.2) is 0 Å². The van der Waals surface area contributed by atoms with Crippen molar-refractivity contribution in [1.29, 1.82) is 0 Å². The van der Waals surface area contributed by atoms with E-state index >= 15 is 0 Å². The van der Waals surface area contributed by atoms with Gasteiger partial charge < -0.3 is 20.9 Å². The van der Waals surface area contributed by atoms with Crippen LogP contribution in [0.2, 0.25) is 5.02 Å². The van der Waals surface area contributed by atoms with E-state index in [1.807, 2.05) is 24.3 Å². The topological polar surface area (TPSA) is 57.4 Å². The molecular weight excluding hydrogens is 358 g/mol. The molecule has 1 aliphatic heterocycles. The number of piperazine rings is 1. The third-order valence-corrected chi connectivity index (χ3v) is 5.21. The smallest absolute Gasteiger partial charge is 0.131 e. The van der Waals surface area contributed by atoms with Gasteiger partial charge in [0, 0.05) is 67.1 Å². The van der Waals surface area contributed by atoms with Crippen LogP contribution in [0.3, 0.4) is 0 Å². The maximum Gasteiger partial charge on any atom is 0.131 e. The van der Waals surface area contributed by atoms with Crippen LogP contribution in [-0.4, -0.2) is 44.3 Å². The van der Waals surface area contributed by atoms with E-state index in [4.69, 9.17) is 22.3 Å². The lowest BCUT2D eigenvalue weighted by Crippen LogP contribution is -2.46. The number of nitrogens with zero attached hydrogens (tertiary/aromatic N) is 3. The summed E-state index contributed by atoms with van der Waals surface area (Å²) in [6.45, 7) is 5.14. The highest BCUT2D eigenvalue weighted by molar-refractivity contribution is 6.30. The molecule has 0 bridgehead atoms. The van der Waals surface area contributed by atoms with Crippen molar-refractivity contribution >= 4 is 39.7 Å². The summed E-state index contributed by atoms with van der Waals surface area (Å²) in [6, 6.07) is 18.5. The SMILES string of the molecule is NCCNc1cc(N2CCN(c3ccc(Cl)cc3)CC2)nc2ccccc12. The van der Waals surface area contributed by atoms with Crippen LogP contribution < -0.4 is 20.9 Å². The zero-order valence-electron chi connectivity index (χ0n) is 15.2. The fourth-order valence-corrected chi connectivity index (χ4v) is 3.65. The first kappa shape index (κ1) is 17.9. The van der Waals surface area contributed by atoms with Crippen molar-refractivity contribution in [3.8, 4) is 0 Å². The Morgan fingerprint density at radius 1 is 0.963 bits per heavy atom. The second-order valence-electron chi connectivity index (χ2n) is 6.71. The van der Waals surface area contributed by atoms with Crippen LogP contribution in [0, 0.1) is 0 Å². The number of para-hydroxylation sites is 1. The van der Waals surface area contributed by atoms with E-state index in [1.54, 1.807) is 0 Å². The monoisotopic (exact) mass is 381 g/mol.